The summed E-state index contributed by atoms with van der Waals surface area (Å²) in [6.45, 7) is 4.18. The van der Waals surface area contributed by atoms with Gasteiger partial charge in [-0.25, -0.2) is 9.97 Å². The quantitative estimate of drug-likeness (QED) is 0.468. The van der Waals surface area contributed by atoms with E-state index in [4.69, 9.17) is 9.72 Å². The summed E-state index contributed by atoms with van der Waals surface area (Å²) >= 11 is 0. The molecule has 1 aliphatic rings. The molecule has 0 saturated carbocycles. The zero-order valence-electron chi connectivity index (χ0n) is 18.1. The van der Waals surface area contributed by atoms with E-state index in [1.807, 2.05) is 43.3 Å². The van der Waals surface area contributed by atoms with Crippen molar-refractivity contribution in [1.29, 1.82) is 0 Å². The molecule has 0 bridgehead atoms. The third-order valence-electron chi connectivity index (χ3n) is 5.93. The lowest BCUT2D eigenvalue weighted by molar-refractivity contribution is 0.102. The van der Waals surface area contributed by atoms with Crippen molar-refractivity contribution in [2.45, 2.75) is 33.1 Å². The molecular weight excluding hydrogens is 400 g/mol. The van der Waals surface area contributed by atoms with E-state index in [-0.39, 0.29) is 11.9 Å². The molecule has 0 spiro atoms. The number of amides is 1. The molecular formula is C26H24N4O2. The minimum absolute atomic E-state index is 0.0999. The second-order valence-electron chi connectivity index (χ2n) is 8.34. The number of hydrogen-bond acceptors (Lipinski definition) is 5. The minimum atomic E-state index is -0.0999. The van der Waals surface area contributed by atoms with Crippen LogP contribution in [0.5, 0.6) is 11.8 Å². The van der Waals surface area contributed by atoms with Crippen molar-refractivity contribution in [3.05, 3.63) is 83.3 Å². The topological polar surface area (TPSA) is 77.0 Å². The number of para-hydroxylation sites is 1. The number of fused-ring (bicyclic) bond motifs is 2. The predicted octanol–water partition coefficient (Wildman–Crippen LogP) is 5.50. The van der Waals surface area contributed by atoms with Crippen LogP contribution in [-0.2, 0) is 12.8 Å². The zero-order valence-corrected chi connectivity index (χ0v) is 18.1. The first kappa shape index (κ1) is 20.1. The Kier molecular flexibility index (Phi) is 5.27. The summed E-state index contributed by atoms with van der Waals surface area (Å²) in [7, 11) is 0. The van der Waals surface area contributed by atoms with E-state index in [2.05, 4.69) is 22.2 Å². The van der Waals surface area contributed by atoms with Gasteiger partial charge in [-0.3, -0.25) is 9.78 Å². The van der Waals surface area contributed by atoms with E-state index < -0.39 is 0 Å². The highest BCUT2D eigenvalue weighted by Crippen LogP contribution is 2.32. The molecule has 0 radical (unpaired) electrons. The van der Waals surface area contributed by atoms with Crippen LogP contribution in [0.15, 0.2) is 60.9 Å². The lowest BCUT2D eigenvalue weighted by Crippen LogP contribution is -2.22. The molecule has 1 atom stereocenters. The summed E-state index contributed by atoms with van der Waals surface area (Å²) in [5, 5.41) is 4.02. The number of aryl methyl sites for hydroxylation is 2. The largest absolute Gasteiger partial charge is 0.424 e. The first-order chi connectivity index (χ1) is 15.6. The van der Waals surface area contributed by atoms with Gasteiger partial charge in [0.05, 0.1) is 11.1 Å². The second-order valence-corrected chi connectivity index (χ2v) is 8.34. The molecule has 5 rings (SSSR count). The number of nitrogens with one attached hydrogen (secondary N) is 1. The number of carbonyl (C=O) groups is 1. The van der Waals surface area contributed by atoms with Gasteiger partial charge in [0.2, 0.25) is 0 Å². The number of aromatic nitrogens is 3. The third kappa shape index (κ3) is 3.91. The van der Waals surface area contributed by atoms with Crippen LogP contribution in [0.1, 0.15) is 40.5 Å². The number of carbonyl (C=O) groups excluding carboxylic acids is 1. The fourth-order valence-corrected chi connectivity index (χ4v) is 4.29. The van der Waals surface area contributed by atoms with Crippen molar-refractivity contribution in [3.63, 3.8) is 0 Å². The number of anilines is 1. The van der Waals surface area contributed by atoms with Gasteiger partial charge in [-0.1, -0.05) is 25.1 Å². The molecule has 160 valence electrons. The van der Waals surface area contributed by atoms with Gasteiger partial charge in [0, 0.05) is 29.2 Å². The van der Waals surface area contributed by atoms with Gasteiger partial charge in [0.1, 0.15) is 5.75 Å². The highest BCUT2D eigenvalue weighted by Gasteiger charge is 2.25. The van der Waals surface area contributed by atoms with Crippen molar-refractivity contribution in [2.75, 3.05) is 5.32 Å². The molecule has 6 heteroatoms. The Hall–Kier alpha value is -3.80. The van der Waals surface area contributed by atoms with Crippen LogP contribution in [0.2, 0.25) is 0 Å². The lowest BCUT2D eigenvalue weighted by atomic mass is 9.84. The summed E-state index contributed by atoms with van der Waals surface area (Å²) in [5.74, 6) is 1.06. The Balaban J connectivity index is 1.47. The Labute approximate surface area is 186 Å². The monoisotopic (exact) mass is 424 g/mol. The molecule has 1 amide bonds. The molecule has 1 unspecified atom stereocenters. The van der Waals surface area contributed by atoms with E-state index >= 15 is 0 Å². The molecule has 2 aromatic carbocycles. The van der Waals surface area contributed by atoms with Crippen LogP contribution in [0.25, 0.3) is 10.9 Å². The Morgan fingerprint density at radius 1 is 1.09 bits per heavy atom. The van der Waals surface area contributed by atoms with Gasteiger partial charge >= 0.3 is 6.01 Å². The third-order valence-corrected chi connectivity index (χ3v) is 5.93. The van der Waals surface area contributed by atoms with Crippen molar-refractivity contribution in [3.8, 4) is 11.8 Å². The Morgan fingerprint density at radius 2 is 1.91 bits per heavy atom. The molecule has 32 heavy (non-hydrogen) atoms. The standard InChI is InChI=1S/C26H24N4O2/c1-16-8-10-23-20(14-16)24(19-6-3-4-7-22(19)29-23)25(31)30-21-11-9-18(15-17(21)2)32-26-27-12-5-13-28-26/h3-7,9,11-13,15-16H,8,10,14H2,1-2H3,(H,30,31). The molecule has 6 nitrogen and oxygen atoms in total. The molecule has 1 N–H and O–H groups in total. The van der Waals surface area contributed by atoms with Crippen LogP contribution in [0.3, 0.4) is 0 Å². The van der Waals surface area contributed by atoms with Crippen LogP contribution >= 0.6 is 0 Å². The molecule has 2 aromatic heterocycles. The summed E-state index contributed by atoms with van der Waals surface area (Å²) in [5.41, 5.74) is 5.39. The lowest BCUT2D eigenvalue weighted by Gasteiger charge is -2.24. The molecule has 0 saturated heterocycles. The predicted molar refractivity (Wildman–Crippen MR) is 124 cm³/mol. The maximum atomic E-state index is 13.5. The summed E-state index contributed by atoms with van der Waals surface area (Å²) < 4.78 is 5.70. The average molecular weight is 425 g/mol. The molecule has 1 aliphatic carbocycles. The number of hydrogen-bond donors (Lipinski definition) is 1. The Morgan fingerprint density at radius 3 is 2.72 bits per heavy atom. The summed E-state index contributed by atoms with van der Waals surface area (Å²) in [6.07, 6.45) is 6.15. The molecule has 4 aromatic rings. The number of ether oxygens (including phenoxy) is 1. The van der Waals surface area contributed by atoms with E-state index in [1.54, 1.807) is 24.5 Å². The van der Waals surface area contributed by atoms with E-state index in [1.165, 1.54) is 0 Å². The van der Waals surface area contributed by atoms with Crippen molar-refractivity contribution >= 4 is 22.5 Å². The highest BCUT2D eigenvalue weighted by atomic mass is 16.5. The van der Waals surface area contributed by atoms with E-state index in [0.29, 0.717) is 11.7 Å². The molecule has 2 heterocycles. The van der Waals surface area contributed by atoms with E-state index in [9.17, 15) is 4.79 Å². The van der Waals surface area contributed by atoms with Gasteiger partial charge in [-0.15, -0.1) is 0 Å². The van der Waals surface area contributed by atoms with Crippen molar-refractivity contribution in [1.82, 2.24) is 15.0 Å². The first-order valence-corrected chi connectivity index (χ1v) is 10.9. The fourth-order valence-electron chi connectivity index (χ4n) is 4.29. The Bertz CT molecular complexity index is 1300. The van der Waals surface area contributed by atoms with Gasteiger partial charge in [0.15, 0.2) is 0 Å². The number of nitrogens with zero attached hydrogens (tertiary/aromatic N) is 3. The average Bonchev–Trinajstić information content (AvgIpc) is 2.80. The highest BCUT2D eigenvalue weighted by molar-refractivity contribution is 6.13. The number of benzene rings is 2. The van der Waals surface area contributed by atoms with E-state index in [0.717, 1.165) is 58.2 Å². The molecule has 0 fully saturated rings. The van der Waals surface area contributed by atoms with Gasteiger partial charge in [-0.05, 0) is 73.6 Å². The summed E-state index contributed by atoms with van der Waals surface area (Å²) in [4.78, 5) is 26.6. The van der Waals surface area contributed by atoms with Gasteiger partial charge < -0.3 is 10.1 Å². The zero-order chi connectivity index (χ0) is 22.1. The maximum Gasteiger partial charge on any atom is 0.321 e. The van der Waals surface area contributed by atoms with Crippen molar-refractivity contribution in [2.24, 2.45) is 5.92 Å². The van der Waals surface area contributed by atoms with Crippen LogP contribution in [0.4, 0.5) is 5.69 Å². The fraction of sp³-hybridized carbons (Fsp3) is 0.231. The SMILES string of the molecule is Cc1cc(Oc2ncccn2)ccc1NC(=O)c1c2c(nc3ccccc13)CCC(C)C2. The number of rotatable bonds is 4. The minimum Gasteiger partial charge on any atom is -0.424 e. The van der Waals surface area contributed by atoms with Crippen LogP contribution in [-0.4, -0.2) is 20.9 Å². The van der Waals surface area contributed by atoms with Crippen LogP contribution < -0.4 is 10.1 Å². The van der Waals surface area contributed by atoms with Gasteiger partial charge in [0.25, 0.3) is 5.91 Å². The second kappa shape index (κ2) is 8.38. The normalized spacial score (nSPS) is 15.2. The first-order valence-electron chi connectivity index (χ1n) is 10.9. The summed E-state index contributed by atoms with van der Waals surface area (Å²) in [6, 6.07) is 15.4. The maximum absolute atomic E-state index is 13.5. The van der Waals surface area contributed by atoms with Crippen LogP contribution in [0, 0.1) is 12.8 Å². The van der Waals surface area contributed by atoms with Gasteiger partial charge in [-0.2, -0.15) is 0 Å². The smallest absolute Gasteiger partial charge is 0.321 e. The molecule has 0 aliphatic heterocycles. The van der Waals surface area contributed by atoms with Crippen molar-refractivity contribution < 1.29 is 9.53 Å². The number of pyridine rings is 1.